The zero-order valence-electron chi connectivity index (χ0n) is 17.2. The molecule has 2 rings (SSSR count). The van der Waals surface area contributed by atoms with Crippen molar-refractivity contribution in [1.82, 2.24) is 9.21 Å². The zero-order chi connectivity index (χ0) is 20.2. The van der Waals surface area contributed by atoms with Gasteiger partial charge in [-0.1, -0.05) is 45.9 Å². The van der Waals surface area contributed by atoms with Crippen molar-refractivity contribution >= 4 is 21.6 Å². The molecular weight excluding hydrogens is 362 g/mol. The Labute approximate surface area is 164 Å². The fraction of sp³-hybridized carbons (Fsp3) is 0.650. The van der Waals surface area contributed by atoms with E-state index in [9.17, 15) is 13.2 Å². The molecule has 0 spiro atoms. The molecule has 7 heteroatoms. The van der Waals surface area contributed by atoms with Crippen molar-refractivity contribution in [2.75, 3.05) is 44.3 Å². The maximum absolute atomic E-state index is 12.5. The van der Waals surface area contributed by atoms with Gasteiger partial charge in [-0.25, -0.2) is 8.42 Å². The monoisotopic (exact) mass is 395 g/mol. The second kappa shape index (κ2) is 9.17. The summed E-state index contributed by atoms with van der Waals surface area (Å²) in [5, 5.41) is 2.99. The first-order valence-electron chi connectivity index (χ1n) is 9.71. The summed E-state index contributed by atoms with van der Waals surface area (Å²) in [4.78, 5) is 14.6. The third-order valence-electron chi connectivity index (χ3n) is 5.08. The normalized spacial score (nSPS) is 16.9. The molecule has 1 saturated heterocycles. The number of hydrogen-bond acceptors (Lipinski definition) is 4. The molecule has 1 heterocycles. The van der Waals surface area contributed by atoms with Crippen LogP contribution in [0.5, 0.6) is 0 Å². The lowest BCUT2D eigenvalue weighted by atomic mass is 9.92. The van der Waals surface area contributed by atoms with Gasteiger partial charge in [-0.3, -0.25) is 4.79 Å². The van der Waals surface area contributed by atoms with Crippen molar-refractivity contribution in [3.63, 3.8) is 0 Å². The molecule has 1 N–H and O–H groups in total. The highest BCUT2D eigenvalue weighted by molar-refractivity contribution is 7.89. The van der Waals surface area contributed by atoms with Gasteiger partial charge in [-0.15, -0.1) is 0 Å². The van der Waals surface area contributed by atoms with Crippen molar-refractivity contribution in [2.24, 2.45) is 0 Å². The molecule has 0 radical (unpaired) electrons. The van der Waals surface area contributed by atoms with Crippen LogP contribution in [-0.2, 0) is 14.8 Å². The molecule has 152 valence electrons. The number of nitrogens with zero attached hydrogens (tertiary/aromatic N) is 2. The first-order valence-corrected chi connectivity index (χ1v) is 11.3. The number of carbonyl (C=O) groups is 1. The molecule has 1 fully saturated rings. The van der Waals surface area contributed by atoms with Gasteiger partial charge in [0.1, 0.15) is 0 Å². The number of anilines is 1. The third kappa shape index (κ3) is 5.77. The number of nitrogens with one attached hydrogen (secondary N) is 1. The van der Waals surface area contributed by atoms with Crippen molar-refractivity contribution in [3.8, 4) is 0 Å². The fourth-order valence-electron chi connectivity index (χ4n) is 3.31. The fourth-order valence-corrected chi connectivity index (χ4v) is 4.74. The highest BCUT2D eigenvalue weighted by Crippen LogP contribution is 2.32. The lowest BCUT2D eigenvalue weighted by molar-refractivity contribution is -0.115. The number of likely N-dealkylation sites (N-methyl/N-ethyl adjacent to an activating group) is 1. The van der Waals surface area contributed by atoms with Crippen LogP contribution in [0, 0.1) is 0 Å². The SMILES string of the molecule is CC(C)c1cccc(C(C)C)c1NC(=O)CCS(=O)(=O)N1CCN(C)CC1. The van der Waals surface area contributed by atoms with Crippen LogP contribution in [0.3, 0.4) is 0 Å². The van der Waals surface area contributed by atoms with Gasteiger partial charge in [0.2, 0.25) is 15.9 Å². The molecule has 0 bridgehead atoms. The zero-order valence-corrected chi connectivity index (χ0v) is 18.0. The van der Waals surface area contributed by atoms with Gasteiger partial charge >= 0.3 is 0 Å². The Balaban J connectivity index is 2.06. The van der Waals surface area contributed by atoms with Gasteiger partial charge in [0.15, 0.2) is 0 Å². The average Bonchev–Trinajstić information content (AvgIpc) is 2.60. The van der Waals surface area contributed by atoms with Crippen LogP contribution in [0.1, 0.15) is 57.1 Å². The number of piperazine rings is 1. The molecule has 0 aromatic heterocycles. The van der Waals surface area contributed by atoms with E-state index in [2.05, 4.69) is 37.9 Å². The molecular formula is C20H33N3O3S. The van der Waals surface area contributed by atoms with E-state index in [4.69, 9.17) is 0 Å². The van der Waals surface area contributed by atoms with E-state index >= 15 is 0 Å². The standard InChI is InChI=1S/C20H33N3O3S/c1-15(2)17-7-6-8-18(16(3)4)20(17)21-19(24)9-14-27(25,26)23-12-10-22(5)11-13-23/h6-8,15-16H,9-14H2,1-5H3,(H,21,24). The summed E-state index contributed by atoms with van der Waals surface area (Å²) >= 11 is 0. The smallest absolute Gasteiger partial charge is 0.225 e. The lowest BCUT2D eigenvalue weighted by Crippen LogP contribution is -2.48. The van der Waals surface area contributed by atoms with Crippen LogP contribution < -0.4 is 5.32 Å². The molecule has 0 aliphatic carbocycles. The first-order chi connectivity index (χ1) is 12.6. The minimum atomic E-state index is -3.40. The van der Waals surface area contributed by atoms with Gasteiger partial charge in [-0.05, 0) is 30.0 Å². The van der Waals surface area contributed by atoms with Crippen molar-refractivity contribution in [2.45, 2.75) is 46.0 Å². The van der Waals surface area contributed by atoms with Crippen LogP contribution in [0.4, 0.5) is 5.69 Å². The van der Waals surface area contributed by atoms with Crippen LogP contribution >= 0.6 is 0 Å². The molecule has 1 aromatic carbocycles. The van der Waals surface area contributed by atoms with Crippen molar-refractivity contribution in [3.05, 3.63) is 29.3 Å². The van der Waals surface area contributed by atoms with E-state index in [0.717, 1.165) is 29.9 Å². The molecule has 1 aliphatic heterocycles. The Morgan fingerprint density at radius 2 is 1.56 bits per heavy atom. The summed E-state index contributed by atoms with van der Waals surface area (Å²) < 4.78 is 26.6. The first kappa shape index (κ1) is 21.9. The summed E-state index contributed by atoms with van der Waals surface area (Å²) in [6.07, 6.45) is -0.0291. The van der Waals surface area contributed by atoms with Crippen LogP contribution in [0.15, 0.2) is 18.2 Å². The maximum Gasteiger partial charge on any atom is 0.225 e. The molecule has 0 atom stereocenters. The molecule has 0 unspecified atom stereocenters. The van der Waals surface area contributed by atoms with Crippen molar-refractivity contribution in [1.29, 1.82) is 0 Å². The number of benzene rings is 1. The highest BCUT2D eigenvalue weighted by Gasteiger charge is 2.26. The predicted molar refractivity (Wildman–Crippen MR) is 111 cm³/mol. The van der Waals surface area contributed by atoms with E-state index in [0.29, 0.717) is 13.1 Å². The number of rotatable bonds is 7. The van der Waals surface area contributed by atoms with E-state index in [-0.39, 0.29) is 29.9 Å². The van der Waals surface area contributed by atoms with Gasteiger partial charge in [0.05, 0.1) is 5.75 Å². The minimum absolute atomic E-state index is 0.0291. The Bertz CT molecular complexity index is 725. The number of sulfonamides is 1. The summed E-state index contributed by atoms with van der Waals surface area (Å²) in [5.41, 5.74) is 3.00. The number of para-hydroxylation sites is 1. The minimum Gasteiger partial charge on any atom is -0.326 e. The molecule has 1 aliphatic rings. The average molecular weight is 396 g/mol. The van der Waals surface area contributed by atoms with Gasteiger partial charge in [-0.2, -0.15) is 4.31 Å². The topological polar surface area (TPSA) is 69.7 Å². The van der Waals surface area contributed by atoms with Crippen molar-refractivity contribution < 1.29 is 13.2 Å². The molecule has 6 nitrogen and oxygen atoms in total. The summed E-state index contributed by atoms with van der Waals surface area (Å²) in [6.45, 7) is 10.8. The third-order valence-corrected chi connectivity index (χ3v) is 6.95. The summed E-state index contributed by atoms with van der Waals surface area (Å²) in [5.74, 6) is 0.146. The van der Waals surface area contributed by atoms with E-state index in [1.807, 2.05) is 25.2 Å². The lowest BCUT2D eigenvalue weighted by Gasteiger charge is -2.31. The predicted octanol–water partition coefficient (Wildman–Crippen LogP) is 2.84. The van der Waals surface area contributed by atoms with Crippen LogP contribution in [-0.4, -0.2) is 62.5 Å². The van der Waals surface area contributed by atoms with Gasteiger partial charge in [0, 0.05) is 38.3 Å². The number of amides is 1. The Morgan fingerprint density at radius 3 is 2.04 bits per heavy atom. The molecule has 1 aromatic rings. The van der Waals surface area contributed by atoms with Crippen LogP contribution in [0.2, 0.25) is 0 Å². The molecule has 1 amide bonds. The summed E-state index contributed by atoms with van der Waals surface area (Å²) in [6, 6.07) is 6.05. The van der Waals surface area contributed by atoms with Crippen LogP contribution in [0.25, 0.3) is 0 Å². The second-order valence-electron chi connectivity index (χ2n) is 7.94. The maximum atomic E-state index is 12.5. The van der Waals surface area contributed by atoms with E-state index in [1.54, 1.807) is 0 Å². The highest BCUT2D eigenvalue weighted by atomic mass is 32.2. The van der Waals surface area contributed by atoms with Gasteiger partial charge < -0.3 is 10.2 Å². The summed E-state index contributed by atoms with van der Waals surface area (Å²) in [7, 11) is -1.42. The Morgan fingerprint density at radius 1 is 1.04 bits per heavy atom. The second-order valence-corrected chi connectivity index (χ2v) is 10.0. The molecule has 0 saturated carbocycles. The van der Waals surface area contributed by atoms with E-state index < -0.39 is 10.0 Å². The Kier molecular flexibility index (Phi) is 7.42. The number of hydrogen-bond donors (Lipinski definition) is 1. The quantitative estimate of drug-likeness (QED) is 0.771. The van der Waals surface area contributed by atoms with E-state index in [1.165, 1.54) is 4.31 Å². The number of carbonyl (C=O) groups excluding carboxylic acids is 1. The Hall–Kier alpha value is -1.44. The van der Waals surface area contributed by atoms with Gasteiger partial charge in [0.25, 0.3) is 0 Å². The largest absolute Gasteiger partial charge is 0.326 e. The molecule has 27 heavy (non-hydrogen) atoms.